The molecule has 3 aromatic rings. The quantitative estimate of drug-likeness (QED) is 0.661. The number of nitrogens with zero attached hydrogens (tertiary/aromatic N) is 2. The summed E-state index contributed by atoms with van der Waals surface area (Å²) in [7, 11) is 0. The molecule has 1 aliphatic rings. The van der Waals surface area contributed by atoms with Gasteiger partial charge in [0.15, 0.2) is 0 Å². The Kier molecular flexibility index (Phi) is 6.49. The molecule has 162 valence electrons. The van der Waals surface area contributed by atoms with Crippen molar-refractivity contribution < 1.29 is 19.0 Å². The van der Waals surface area contributed by atoms with Gasteiger partial charge in [0.25, 0.3) is 5.91 Å². The second-order valence-electron chi connectivity index (χ2n) is 8.03. The smallest absolute Gasteiger partial charge is 0.254 e. The van der Waals surface area contributed by atoms with Gasteiger partial charge in [0.2, 0.25) is 0 Å². The summed E-state index contributed by atoms with van der Waals surface area (Å²) in [6.45, 7) is 4.78. The van der Waals surface area contributed by atoms with Gasteiger partial charge in [-0.2, -0.15) is 0 Å². The van der Waals surface area contributed by atoms with Crippen LogP contribution >= 0.6 is 0 Å². The molecule has 6 heteroatoms. The second-order valence-corrected chi connectivity index (χ2v) is 8.03. The van der Waals surface area contributed by atoms with Crippen LogP contribution in [0.25, 0.3) is 10.8 Å². The molecule has 1 amide bonds. The number of aryl methyl sites for hydroxylation is 1. The van der Waals surface area contributed by atoms with E-state index in [4.69, 9.17) is 4.74 Å². The van der Waals surface area contributed by atoms with E-state index in [0.717, 1.165) is 16.5 Å². The van der Waals surface area contributed by atoms with Gasteiger partial charge < -0.3 is 14.7 Å². The molecule has 5 nitrogen and oxygen atoms in total. The number of aliphatic hydroxyl groups excluding tert-OH is 1. The van der Waals surface area contributed by atoms with Crippen molar-refractivity contribution in [3.05, 3.63) is 77.6 Å². The predicted octanol–water partition coefficient (Wildman–Crippen LogP) is 3.49. The van der Waals surface area contributed by atoms with Crippen molar-refractivity contribution in [1.82, 2.24) is 9.80 Å². The number of hydrogen-bond donors (Lipinski definition) is 1. The van der Waals surface area contributed by atoms with Gasteiger partial charge in [0.05, 0.1) is 0 Å². The molecule has 1 atom stereocenters. The van der Waals surface area contributed by atoms with Crippen molar-refractivity contribution >= 4 is 16.7 Å². The summed E-state index contributed by atoms with van der Waals surface area (Å²) in [6, 6.07) is 18.6. The second kappa shape index (κ2) is 9.45. The number of benzene rings is 3. The third kappa shape index (κ3) is 5.21. The average molecular weight is 423 g/mol. The van der Waals surface area contributed by atoms with E-state index in [-0.39, 0.29) is 18.3 Å². The minimum Gasteiger partial charge on any atom is -0.491 e. The minimum atomic E-state index is -0.625. The van der Waals surface area contributed by atoms with Crippen LogP contribution in [-0.4, -0.2) is 66.2 Å². The summed E-state index contributed by atoms with van der Waals surface area (Å²) in [5, 5.41) is 12.6. The molecule has 0 radical (unpaired) electrons. The van der Waals surface area contributed by atoms with E-state index in [1.807, 2.05) is 42.5 Å². The van der Waals surface area contributed by atoms with Gasteiger partial charge in [-0.15, -0.1) is 0 Å². The SMILES string of the molecule is Cc1ccc(C(=O)N2CCN(CC(O)COc3ccc4ccccc4c3)CC2)cc1F. The number of carbonyl (C=O) groups excluding carboxylic acids is 1. The zero-order chi connectivity index (χ0) is 21.8. The van der Waals surface area contributed by atoms with Gasteiger partial charge in [-0.3, -0.25) is 9.69 Å². The van der Waals surface area contributed by atoms with Crippen molar-refractivity contribution in [2.24, 2.45) is 0 Å². The van der Waals surface area contributed by atoms with E-state index < -0.39 is 6.10 Å². The molecule has 0 aromatic heterocycles. The number of ether oxygens (including phenoxy) is 1. The zero-order valence-corrected chi connectivity index (χ0v) is 17.6. The minimum absolute atomic E-state index is 0.154. The Bertz CT molecular complexity index is 1060. The number of amides is 1. The largest absolute Gasteiger partial charge is 0.491 e. The number of carbonyl (C=O) groups is 1. The van der Waals surface area contributed by atoms with Gasteiger partial charge in [-0.05, 0) is 47.5 Å². The highest BCUT2D eigenvalue weighted by atomic mass is 19.1. The molecule has 4 rings (SSSR count). The third-order valence-corrected chi connectivity index (χ3v) is 5.71. The highest BCUT2D eigenvalue weighted by Crippen LogP contribution is 2.21. The standard InChI is InChI=1S/C25H27FN2O3/c1-18-6-7-21(15-24(18)26)25(30)28-12-10-27(11-13-28)16-22(29)17-31-23-9-8-19-4-2-3-5-20(19)14-23/h2-9,14-15,22,29H,10-13,16-17H2,1H3. The lowest BCUT2D eigenvalue weighted by molar-refractivity contribution is 0.0403. The van der Waals surface area contributed by atoms with E-state index in [2.05, 4.69) is 4.90 Å². The maximum absolute atomic E-state index is 13.8. The van der Waals surface area contributed by atoms with Crippen LogP contribution < -0.4 is 4.74 Å². The Morgan fingerprint density at radius 3 is 2.52 bits per heavy atom. The molecule has 1 fully saturated rings. The fourth-order valence-corrected chi connectivity index (χ4v) is 3.84. The molecule has 31 heavy (non-hydrogen) atoms. The first kappa shape index (κ1) is 21.3. The lowest BCUT2D eigenvalue weighted by Crippen LogP contribution is -2.51. The summed E-state index contributed by atoms with van der Waals surface area (Å²) in [6.07, 6.45) is -0.625. The molecule has 1 aliphatic heterocycles. The van der Waals surface area contributed by atoms with Crippen LogP contribution in [0.5, 0.6) is 5.75 Å². The molecule has 0 aliphatic carbocycles. The van der Waals surface area contributed by atoms with Crippen molar-refractivity contribution in [1.29, 1.82) is 0 Å². The Balaban J connectivity index is 1.24. The fraction of sp³-hybridized carbons (Fsp3) is 0.320. The number of aliphatic hydroxyl groups is 1. The summed E-state index contributed by atoms with van der Waals surface area (Å²) < 4.78 is 19.5. The molecular weight excluding hydrogens is 395 g/mol. The molecule has 0 saturated carbocycles. The number of halogens is 1. The molecule has 0 bridgehead atoms. The van der Waals surface area contributed by atoms with Crippen LogP contribution in [0.4, 0.5) is 4.39 Å². The van der Waals surface area contributed by atoms with Crippen molar-refractivity contribution in [2.45, 2.75) is 13.0 Å². The summed E-state index contributed by atoms with van der Waals surface area (Å²) in [5.41, 5.74) is 0.904. The first-order valence-electron chi connectivity index (χ1n) is 10.6. The van der Waals surface area contributed by atoms with Gasteiger partial charge in [-0.1, -0.05) is 36.4 Å². The highest BCUT2D eigenvalue weighted by molar-refractivity contribution is 5.94. The number of hydrogen-bond acceptors (Lipinski definition) is 4. The first-order chi connectivity index (χ1) is 15.0. The predicted molar refractivity (Wildman–Crippen MR) is 119 cm³/mol. The van der Waals surface area contributed by atoms with E-state index in [9.17, 15) is 14.3 Å². The van der Waals surface area contributed by atoms with Gasteiger partial charge in [0.1, 0.15) is 24.3 Å². The average Bonchev–Trinajstić information content (AvgIpc) is 2.79. The van der Waals surface area contributed by atoms with Gasteiger partial charge >= 0.3 is 0 Å². The Morgan fingerprint density at radius 1 is 1.03 bits per heavy atom. The molecule has 1 heterocycles. The van der Waals surface area contributed by atoms with E-state index >= 15 is 0 Å². The molecule has 1 saturated heterocycles. The van der Waals surface area contributed by atoms with Crippen LogP contribution in [0.15, 0.2) is 60.7 Å². The van der Waals surface area contributed by atoms with Crippen molar-refractivity contribution in [2.75, 3.05) is 39.3 Å². The molecular formula is C25H27FN2O3. The summed E-state index contributed by atoms with van der Waals surface area (Å²) in [4.78, 5) is 16.5. The Morgan fingerprint density at radius 2 is 1.77 bits per heavy atom. The highest BCUT2D eigenvalue weighted by Gasteiger charge is 2.24. The van der Waals surface area contributed by atoms with Crippen LogP contribution in [0, 0.1) is 12.7 Å². The lowest BCUT2D eigenvalue weighted by atomic mass is 10.1. The number of piperazine rings is 1. The van der Waals surface area contributed by atoms with Gasteiger partial charge in [0, 0.05) is 38.3 Å². The summed E-state index contributed by atoms with van der Waals surface area (Å²) >= 11 is 0. The molecule has 0 spiro atoms. The van der Waals surface area contributed by atoms with E-state index in [1.54, 1.807) is 24.0 Å². The molecule has 1 unspecified atom stereocenters. The van der Waals surface area contributed by atoms with Crippen LogP contribution in [-0.2, 0) is 0 Å². The normalized spacial score (nSPS) is 15.8. The monoisotopic (exact) mass is 422 g/mol. The van der Waals surface area contributed by atoms with Crippen LogP contribution in [0.3, 0.4) is 0 Å². The number of β-amino-alcohol motifs (C(OH)–C–C–N with tert-alkyl or cyclic N) is 1. The van der Waals surface area contributed by atoms with Crippen molar-refractivity contribution in [3.63, 3.8) is 0 Å². The maximum Gasteiger partial charge on any atom is 0.254 e. The first-order valence-corrected chi connectivity index (χ1v) is 10.6. The molecule has 1 N–H and O–H groups in total. The Hall–Kier alpha value is -2.96. The third-order valence-electron chi connectivity index (χ3n) is 5.71. The zero-order valence-electron chi connectivity index (χ0n) is 17.6. The fourth-order valence-electron chi connectivity index (χ4n) is 3.84. The topological polar surface area (TPSA) is 53.0 Å². The number of rotatable bonds is 6. The molecule has 3 aromatic carbocycles. The number of fused-ring (bicyclic) bond motifs is 1. The van der Waals surface area contributed by atoms with E-state index in [1.165, 1.54) is 6.07 Å². The lowest BCUT2D eigenvalue weighted by Gasteiger charge is -2.35. The summed E-state index contributed by atoms with van der Waals surface area (Å²) in [5.74, 6) is 0.219. The van der Waals surface area contributed by atoms with Gasteiger partial charge in [-0.25, -0.2) is 4.39 Å². The van der Waals surface area contributed by atoms with Crippen molar-refractivity contribution in [3.8, 4) is 5.75 Å². The van der Waals surface area contributed by atoms with E-state index in [0.29, 0.717) is 43.9 Å². The Labute approximate surface area is 181 Å². The maximum atomic E-state index is 13.8. The van der Waals surface area contributed by atoms with Crippen LogP contribution in [0.1, 0.15) is 15.9 Å². The van der Waals surface area contributed by atoms with Crippen LogP contribution in [0.2, 0.25) is 0 Å².